The third kappa shape index (κ3) is 16.1. The van der Waals surface area contributed by atoms with Crippen LogP contribution >= 0.6 is 12.4 Å². The molecule has 0 radical (unpaired) electrons. The van der Waals surface area contributed by atoms with Gasteiger partial charge in [-0.05, 0) is 26.9 Å². The second kappa shape index (κ2) is 19.7. The Hall–Kier alpha value is -0.270. The van der Waals surface area contributed by atoms with Crippen molar-refractivity contribution in [2.24, 2.45) is 5.41 Å². The van der Waals surface area contributed by atoms with E-state index < -0.39 is 0 Å². The zero-order valence-corrected chi connectivity index (χ0v) is 20.9. The minimum atomic E-state index is 0. The van der Waals surface area contributed by atoms with Gasteiger partial charge in [-0.2, -0.15) is 0 Å². The van der Waals surface area contributed by atoms with E-state index in [0.717, 1.165) is 0 Å². The van der Waals surface area contributed by atoms with Gasteiger partial charge < -0.3 is 4.90 Å². The van der Waals surface area contributed by atoms with Gasteiger partial charge in [0.25, 0.3) is 0 Å². The molecule has 1 rings (SSSR count). The Labute approximate surface area is 190 Å². The molecule has 0 heterocycles. The van der Waals surface area contributed by atoms with Crippen molar-refractivity contribution in [2.45, 2.75) is 122 Å². The molecular formula is C27H52ClN. The lowest BCUT2D eigenvalue weighted by molar-refractivity contribution is 0.231. The molecule has 0 spiro atoms. The second-order valence-corrected chi connectivity index (χ2v) is 9.64. The minimum Gasteiger partial charge on any atom is -0.309 e. The number of hydrogen-bond acceptors (Lipinski definition) is 1. The molecule has 0 aromatic rings. The molecule has 1 unspecified atom stereocenters. The highest BCUT2D eigenvalue weighted by molar-refractivity contribution is 5.85. The van der Waals surface area contributed by atoms with Gasteiger partial charge in [0, 0.05) is 12.0 Å². The standard InChI is InChI=1S/C27H51N.ClH/c1-4-5-6-7-8-9-10-11-12-13-14-15-16-17-18-20-23-27(26-28(2)3)24-21-19-22-25-27;/h19,21-22,24H,4-18,20,23,25-26H2,1-3H3;1H. The Bertz CT molecular complexity index is 401. The summed E-state index contributed by atoms with van der Waals surface area (Å²) in [6, 6.07) is 0. The summed E-state index contributed by atoms with van der Waals surface area (Å²) in [6.07, 6.45) is 35.1. The molecule has 0 bridgehead atoms. The van der Waals surface area contributed by atoms with Crippen molar-refractivity contribution in [1.29, 1.82) is 0 Å². The maximum atomic E-state index is 2.47. The molecule has 1 aliphatic carbocycles. The van der Waals surface area contributed by atoms with Crippen molar-refractivity contribution in [2.75, 3.05) is 20.6 Å². The minimum absolute atomic E-state index is 0. The summed E-state index contributed by atoms with van der Waals surface area (Å²) >= 11 is 0. The smallest absolute Gasteiger partial charge is 0.00697 e. The summed E-state index contributed by atoms with van der Waals surface area (Å²) in [6.45, 7) is 3.49. The largest absolute Gasteiger partial charge is 0.309 e. The average molecular weight is 426 g/mol. The maximum absolute atomic E-state index is 2.47. The number of hydrogen-bond donors (Lipinski definition) is 0. The van der Waals surface area contributed by atoms with Crippen LogP contribution in [0.4, 0.5) is 0 Å². The average Bonchev–Trinajstić information content (AvgIpc) is 2.68. The van der Waals surface area contributed by atoms with Crippen LogP contribution in [0.5, 0.6) is 0 Å². The molecule has 0 aromatic heterocycles. The van der Waals surface area contributed by atoms with Crippen LogP contribution in [0.25, 0.3) is 0 Å². The zero-order valence-electron chi connectivity index (χ0n) is 20.1. The molecule has 0 aliphatic heterocycles. The first kappa shape index (κ1) is 28.7. The van der Waals surface area contributed by atoms with E-state index in [4.69, 9.17) is 0 Å². The van der Waals surface area contributed by atoms with Crippen LogP contribution in [-0.4, -0.2) is 25.5 Å². The summed E-state index contributed by atoms with van der Waals surface area (Å²) in [5.41, 5.74) is 0.397. The Kier molecular flexibility index (Phi) is 19.5. The monoisotopic (exact) mass is 425 g/mol. The molecule has 0 amide bonds. The lowest BCUT2D eigenvalue weighted by Crippen LogP contribution is -2.32. The van der Waals surface area contributed by atoms with E-state index in [2.05, 4.69) is 50.2 Å². The molecule has 0 saturated heterocycles. The van der Waals surface area contributed by atoms with Crippen LogP contribution in [0.15, 0.2) is 24.3 Å². The zero-order chi connectivity index (χ0) is 20.3. The molecule has 0 saturated carbocycles. The highest BCUT2D eigenvalue weighted by Gasteiger charge is 2.27. The predicted octanol–water partition coefficient (Wildman–Crippen LogP) is 9.12. The Morgan fingerprint density at radius 2 is 1.10 bits per heavy atom. The molecular weight excluding hydrogens is 374 g/mol. The molecule has 2 heteroatoms. The number of halogens is 1. The van der Waals surface area contributed by atoms with Gasteiger partial charge in [-0.15, -0.1) is 12.4 Å². The van der Waals surface area contributed by atoms with Gasteiger partial charge >= 0.3 is 0 Å². The van der Waals surface area contributed by atoms with Gasteiger partial charge in [-0.3, -0.25) is 0 Å². The quantitative estimate of drug-likeness (QED) is 0.186. The Morgan fingerprint density at radius 3 is 1.48 bits per heavy atom. The van der Waals surface area contributed by atoms with Crippen molar-refractivity contribution in [3.63, 3.8) is 0 Å². The number of rotatable bonds is 19. The van der Waals surface area contributed by atoms with Gasteiger partial charge in [0.15, 0.2) is 0 Å². The lowest BCUT2D eigenvalue weighted by Gasteiger charge is -2.34. The molecule has 0 N–H and O–H groups in total. The van der Waals surface area contributed by atoms with Gasteiger partial charge in [0.1, 0.15) is 0 Å². The second-order valence-electron chi connectivity index (χ2n) is 9.64. The van der Waals surface area contributed by atoms with Gasteiger partial charge in [-0.1, -0.05) is 134 Å². The van der Waals surface area contributed by atoms with Crippen LogP contribution in [-0.2, 0) is 0 Å². The maximum Gasteiger partial charge on any atom is 0.00697 e. The highest BCUT2D eigenvalue weighted by Crippen LogP contribution is 2.34. The number of nitrogens with zero attached hydrogens (tertiary/aromatic N) is 1. The number of unbranched alkanes of at least 4 members (excludes halogenated alkanes) is 15. The predicted molar refractivity (Wildman–Crippen MR) is 135 cm³/mol. The van der Waals surface area contributed by atoms with Crippen molar-refractivity contribution in [1.82, 2.24) is 4.90 Å². The summed E-state index contributed by atoms with van der Waals surface area (Å²) in [5.74, 6) is 0. The van der Waals surface area contributed by atoms with Gasteiger partial charge in [-0.25, -0.2) is 0 Å². The highest BCUT2D eigenvalue weighted by atomic mass is 35.5. The third-order valence-electron chi connectivity index (χ3n) is 6.38. The Morgan fingerprint density at radius 1 is 0.655 bits per heavy atom. The van der Waals surface area contributed by atoms with Gasteiger partial charge in [0.05, 0.1) is 0 Å². The van der Waals surface area contributed by atoms with E-state index in [0.29, 0.717) is 5.41 Å². The fraction of sp³-hybridized carbons (Fsp3) is 0.852. The SMILES string of the molecule is CCCCCCCCCCCCCCCCCCC1(CN(C)C)C=CC=CC1.Cl. The van der Waals surface area contributed by atoms with Crippen molar-refractivity contribution in [3.8, 4) is 0 Å². The van der Waals surface area contributed by atoms with Crippen LogP contribution in [0.3, 0.4) is 0 Å². The molecule has 1 atom stereocenters. The van der Waals surface area contributed by atoms with Crippen molar-refractivity contribution < 1.29 is 0 Å². The van der Waals surface area contributed by atoms with E-state index in [1.165, 1.54) is 122 Å². The Balaban J connectivity index is 0.00000784. The summed E-state index contributed by atoms with van der Waals surface area (Å²) < 4.78 is 0. The first-order chi connectivity index (χ1) is 13.7. The van der Waals surface area contributed by atoms with Crippen LogP contribution in [0.1, 0.15) is 122 Å². The molecule has 1 aliphatic rings. The molecule has 172 valence electrons. The fourth-order valence-corrected chi connectivity index (χ4v) is 4.75. The van der Waals surface area contributed by atoms with Crippen LogP contribution in [0.2, 0.25) is 0 Å². The summed E-state index contributed by atoms with van der Waals surface area (Å²) in [7, 11) is 4.42. The summed E-state index contributed by atoms with van der Waals surface area (Å²) in [5, 5.41) is 0. The fourth-order valence-electron chi connectivity index (χ4n) is 4.75. The van der Waals surface area contributed by atoms with Crippen LogP contribution in [0, 0.1) is 5.41 Å². The van der Waals surface area contributed by atoms with Crippen molar-refractivity contribution >= 4 is 12.4 Å². The molecule has 1 nitrogen and oxygen atoms in total. The van der Waals surface area contributed by atoms with Crippen molar-refractivity contribution in [3.05, 3.63) is 24.3 Å². The van der Waals surface area contributed by atoms with E-state index in [1.807, 2.05) is 0 Å². The normalized spacial score (nSPS) is 18.3. The first-order valence-electron chi connectivity index (χ1n) is 12.7. The van der Waals surface area contributed by atoms with E-state index in [9.17, 15) is 0 Å². The first-order valence-corrected chi connectivity index (χ1v) is 12.7. The number of allylic oxidation sites excluding steroid dienone is 3. The lowest BCUT2D eigenvalue weighted by atomic mass is 9.77. The summed E-state index contributed by atoms with van der Waals surface area (Å²) in [4.78, 5) is 2.36. The topological polar surface area (TPSA) is 3.24 Å². The van der Waals surface area contributed by atoms with E-state index in [1.54, 1.807) is 0 Å². The van der Waals surface area contributed by atoms with E-state index >= 15 is 0 Å². The van der Waals surface area contributed by atoms with Gasteiger partial charge in [0.2, 0.25) is 0 Å². The molecule has 0 aromatic carbocycles. The molecule has 0 fully saturated rings. The van der Waals surface area contributed by atoms with E-state index in [-0.39, 0.29) is 12.4 Å². The third-order valence-corrected chi connectivity index (χ3v) is 6.38. The van der Waals surface area contributed by atoms with Crippen LogP contribution < -0.4 is 0 Å². The molecule has 29 heavy (non-hydrogen) atoms.